The molecule has 6 heteroatoms. The second-order valence-electron chi connectivity index (χ2n) is 7.68. The predicted octanol–water partition coefficient (Wildman–Crippen LogP) is 5.96. The van der Waals surface area contributed by atoms with Gasteiger partial charge in [-0.2, -0.15) is 0 Å². The fourth-order valence-corrected chi connectivity index (χ4v) is 4.23. The molecule has 2 aromatic heterocycles. The third-order valence-corrected chi connectivity index (χ3v) is 5.96. The lowest BCUT2D eigenvalue weighted by atomic mass is 10.0. The molecule has 0 spiro atoms. The number of aromatic nitrogens is 2. The van der Waals surface area contributed by atoms with E-state index in [0.717, 1.165) is 39.4 Å². The average molecular weight is 448 g/mol. The summed E-state index contributed by atoms with van der Waals surface area (Å²) >= 11 is 6.51. The van der Waals surface area contributed by atoms with Crippen molar-refractivity contribution in [3.63, 3.8) is 0 Å². The molecule has 0 radical (unpaired) electrons. The van der Waals surface area contributed by atoms with Gasteiger partial charge in [0.05, 0.1) is 17.6 Å². The molecule has 2 aromatic carbocycles. The number of nitrogens with one attached hydrogen (secondary N) is 1. The summed E-state index contributed by atoms with van der Waals surface area (Å²) in [4.78, 5) is 16.5. The van der Waals surface area contributed by atoms with E-state index in [9.17, 15) is 9.18 Å². The third-order valence-electron chi connectivity index (χ3n) is 5.64. The van der Waals surface area contributed by atoms with Gasteiger partial charge < -0.3 is 9.88 Å². The van der Waals surface area contributed by atoms with Gasteiger partial charge >= 0.3 is 0 Å². The number of nitrogens with zero attached hydrogens (tertiary/aromatic N) is 2. The molecule has 162 valence electrons. The third kappa shape index (κ3) is 3.92. The first-order chi connectivity index (χ1) is 15.4. The van der Waals surface area contributed by atoms with Gasteiger partial charge in [-0.05, 0) is 62.0 Å². The minimum atomic E-state index is -0.294. The van der Waals surface area contributed by atoms with Crippen LogP contribution in [0.3, 0.4) is 0 Å². The second-order valence-corrected chi connectivity index (χ2v) is 8.04. The Kier molecular flexibility index (Phi) is 6.10. The molecule has 0 aliphatic rings. The highest BCUT2D eigenvalue weighted by atomic mass is 35.5. The maximum Gasteiger partial charge on any atom is 0.150 e. The zero-order chi connectivity index (χ0) is 22.8. The number of hydrogen-bond donors (Lipinski definition) is 1. The Labute approximate surface area is 191 Å². The van der Waals surface area contributed by atoms with Crippen LogP contribution in [0.4, 0.5) is 4.39 Å². The Morgan fingerprint density at radius 1 is 1.22 bits per heavy atom. The molecule has 0 aliphatic carbocycles. The lowest BCUT2D eigenvalue weighted by Crippen LogP contribution is -2.04. The van der Waals surface area contributed by atoms with Gasteiger partial charge in [0.1, 0.15) is 11.0 Å². The zero-order valence-corrected chi connectivity index (χ0v) is 18.9. The number of aryl methyl sites for hydroxylation is 1. The first-order valence-electron chi connectivity index (χ1n) is 10.3. The van der Waals surface area contributed by atoms with Crippen molar-refractivity contribution in [2.75, 3.05) is 7.05 Å². The van der Waals surface area contributed by atoms with Crippen LogP contribution in [0.2, 0.25) is 5.15 Å². The number of para-hydroxylation sites is 1. The molecule has 0 amide bonds. The minimum Gasteiger partial charge on any atom is -0.394 e. The predicted molar refractivity (Wildman–Crippen MR) is 129 cm³/mol. The number of carbonyl (C=O) groups is 1. The molecule has 0 aliphatic heterocycles. The molecule has 2 heterocycles. The van der Waals surface area contributed by atoms with Crippen LogP contribution in [0.1, 0.15) is 22.4 Å². The van der Waals surface area contributed by atoms with E-state index in [-0.39, 0.29) is 5.82 Å². The summed E-state index contributed by atoms with van der Waals surface area (Å²) in [7, 11) is 1.79. The largest absolute Gasteiger partial charge is 0.394 e. The van der Waals surface area contributed by atoms with Crippen molar-refractivity contribution in [1.29, 1.82) is 0 Å². The van der Waals surface area contributed by atoms with Gasteiger partial charge in [0.25, 0.3) is 0 Å². The summed E-state index contributed by atoms with van der Waals surface area (Å²) < 4.78 is 16.6. The average Bonchev–Trinajstić information content (AvgIpc) is 3.03. The van der Waals surface area contributed by atoms with E-state index >= 15 is 0 Å². The van der Waals surface area contributed by atoms with E-state index in [1.54, 1.807) is 38.4 Å². The van der Waals surface area contributed by atoms with Crippen molar-refractivity contribution < 1.29 is 9.18 Å². The molecule has 0 saturated heterocycles. The number of halogens is 2. The first-order valence-corrected chi connectivity index (χ1v) is 10.6. The number of allylic oxidation sites excluding steroid dienone is 3. The highest BCUT2D eigenvalue weighted by molar-refractivity contribution is 6.30. The van der Waals surface area contributed by atoms with E-state index in [2.05, 4.69) is 10.3 Å². The molecule has 32 heavy (non-hydrogen) atoms. The summed E-state index contributed by atoms with van der Waals surface area (Å²) in [5, 5.41) is 5.12. The number of aldehydes is 1. The smallest absolute Gasteiger partial charge is 0.150 e. The van der Waals surface area contributed by atoms with Gasteiger partial charge in [0.15, 0.2) is 6.29 Å². The molecule has 4 aromatic rings. The molecular formula is C26H23ClFN3O. The molecule has 0 saturated carbocycles. The minimum absolute atomic E-state index is 0.294. The molecule has 0 fully saturated rings. The maximum absolute atomic E-state index is 14.6. The fraction of sp³-hybridized carbons (Fsp3) is 0.154. The standard InChI is InChI=1S/C26H23ClFN3O/c1-16-11-21-24(13-22(16)28)31(17(2)25(21)19(15-32)8-6-10-29-3)14-20-12-18-7-4-5-9-23(18)30-26(20)27/h4-13,15,29H,14H2,1-3H3/b10-6-,19-8+. The SMILES string of the molecule is CN/C=C\C=C(/C=O)c1c(C)n(Cc2cc3ccccc3nc2Cl)c2cc(F)c(C)cc12. The van der Waals surface area contributed by atoms with Crippen molar-refractivity contribution in [2.45, 2.75) is 20.4 Å². The van der Waals surface area contributed by atoms with E-state index < -0.39 is 0 Å². The van der Waals surface area contributed by atoms with Gasteiger partial charge in [0.2, 0.25) is 0 Å². The Morgan fingerprint density at radius 2 is 2.00 bits per heavy atom. The number of carbonyl (C=O) groups excluding carboxylic acids is 1. The molecule has 4 nitrogen and oxygen atoms in total. The van der Waals surface area contributed by atoms with Crippen LogP contribution in [0.15, 0.2) is 60.8 Å². The first kappa shape index (κ1) is 21.8. The van der Waals surface area contributed by atoms with E-state index in [4.69, 9.17) is 11.6 Å². The number of pyridine rings is 1. The van der Waals surface area contributed by atoms with Crippen LogP contribution in [-0.4, -0.2) is 22.9 Å². The van der Waals surface area contributed by atoms with Crippen molar-refractivity contribution >= 4 is 45.3 Å². The van der Waals surface area contributed by atoms with Crippen LogP contribution in [0.25, 0.3) is 27.4 Å². The van der Waals surface area contributed by atoms with Crippen LogP contribution in [-0.2, 0) is 11.3 Å². The molecule has 0 atom stereocenters. The Morgan fingerprint density at radius 3 is 2.75 bits per heavy atom. The van der Waals surface area contributed by atoms with Crippen LogP contribution < -0.4 is 5.32 Å². The lowest BCUT2D eigenvalue weighted by Gasteiger charge is -2.12. The number of fused-ring (bicyclic) bond motifs is 2. The quantitative estimate of drug-likeness (QED) is 0.171. The van der Waals surface area contributed by atoms with Gasteiger partial charge in [-0.15, -0.1) is 0 Å². The summed E-state index contributed by atoms with van der Waals surface area (Å²) in [6.07, 6.45) is 6.09. The van der Waals surface area contributed by atoms with Crippen LogP contribution in [0, 0.1) is 19.7 Å². The van der Waals surface area contributed by atoms with Crippen LogP contribution >= 0.6 is 11.6 Å². The Balaban J connectivity index is 1.94. The zero-order valence-electron chi connectivity index (χ0n) is 18.1. The van der Waals surface area contributed by atoms with Gasteiger partial charge in [-0.1, -0.05) is 29.8 Å². The van der Waals surface area contributed by atoms with Crippen molar-refractivity contribution in [3.8, 4) is 0 Å². The topological polar surface area (TPSA) is 46.9 Å². The summed E-state index contributed by atoms with van der Waals surface area (Å²) in [5.41, 5.74) is 5.03. The van der Waals surface area contributed by atoms with Gasteiger partial charge in [0, 0.05) is 40.2 Å². The van der Waals surface area contributed by atoms with E-state index in [1.807, 2.05) is 41.8 Å². The van der Waals surface area contributed by atoms with Crippen molar-refractivity contribution in [1.82, 2.24) is 14.9 Å². The van der Waals surface area contributed by atoms with E-state index in [1.165, 1.54) is 6.07 Å². The maximum atomic E-state index is 14.6. The van der Waals surface area contributed by atoms with E-state index in [0.29, 0.717) is 28.4 Å². The highest BCUT2D eigenvalue weighted by Gasteiger charge is 2.20. The monoisotopic (exact) mass is 447 g/mol. The molecule has 0 unspecified atom stereocenters. The number of rotatable bonds is 6. The van der Waals surface area contributed by atoms with Crippen molar-refractivity contribution in [3.05, 3.63) is 94.2 Å². The molecule has 4 rings (SSSR count). The number of benzene rings is 2. The summed E-state index contributed by atoms with van der Waals surface area (Å²) in [5.74, 6) is -0.294. The highest BCUT2D eigenvalue weighted by Crippen LogP contribution is 2.34. The van der Waals surface area contributed by atoms with Gasteiger partial charge in [-0.3, -0.25) is 4.79 Å². The second kappa shape index (κ2) is 8.97. The number of hydrogen-bond acceptors (Lipinski definition) is 3. The molecule has 0 bridgehead atoms. The molecular weight excluding hydrogens is 425 g/mol. The normalized spacial score (nSPS) is 12.2. The Bertz CT molecular complexity index is 1400. The molecule has 1 N–H and O–H groups in total. The van der Waals surface area contributed by atoms with Gasteiger partial charge in [-0.25, -0.2) is 9.37 Å². The Hall–Kier alpha value is -3.44. The lowest BCUT2D eigenvalue weighted by molar-refractivity contribution is -0.103. The van der Waals surface area contributed by atoms with Crippen LogP contribution in [0.5, 0.6) is 0 Å². The summed E-state index contributed by atoms with van der Waals surface area (Å²) in [6, 6.07) is 13.1. The van der Waals surface area contributed by atoms with Crippen molar-refractivity contribution in [2.24, 2.45) is 0 Å². The fourth-order valence-electron chi connectivity index (χ4n) is 4.02. The summed E-state index contributed by atoms with van der Waals surface area (Å²) in [6.45, 7) is 4.06.